The van der Waals surface area contributed by atoms with Gasteiger partial charge in [0.1, 0.15) is 11.4 Å². The Balaban J connectivity index is 1.46. The third-order valence-electron chi connectivity index (χ3n) is 11.2. The first-order chi connectivity index (χ1) is 21.5. The van der Waals surface area contributed by atoms with Crippen molar-refractivity contribution >= 4 is 33.2 Å². The van der Waals surface area contributed by atoms with E-state index in [1.807, 2.05) is 32.0 Å². The summed E-state index contributed by atoms with van der Waals surface area (Å²) in [5.74, 6) is 7.17. The van der Waals surface area contributed by atoms with Gasteiger partial charge in [0.05, 0.1) is 17.5 Å². The average molecular weight is 653 g/mol. The first-order valence-corrected chi connectivity index (χ1v) is 18.3. The van der Waals surface area contributed by atoms with Crippen molar-refractivity contribution in [3.8, 4) is 17.6 Å². The zero-order chi connectivity index (χ0) is 32.0. The van der Waals surface area contributed by atoms with Gasteiger partial charge >= 0.3 is 0 Å². The molecule has 2 aliphatic carbocycles. The SMILES string of the molecule is CC#C[C@]1(OC)CCC[C@H](C)[C@@H](C)S(=O)(=O)NC(=O)c2ccc3c(c2)N(C[C@@H]2CC[C@H]21)C[C@@]1(CCCc2cc(Cl)ccc21)CO3. The van der Waals surface area contributed by atoms with Crippen LogP contribution in [0.3, 0.4) is 0 Å². The maximum Gasteiger partial charge on any atom is 0.264 e. The summed E-state index contributed by atoms with van der Waals surface area (Å²) >= 11 is 6.44. The lowest BCUT2D eigenvalue weighted by atomic mass is 9.63. The summed E-state index contributed by atoms with van der Waals surface area (Å²) in [6, 6.07) is 11.5. The van der Waals surface area contributed by atoms with Crippen LogP contribution in [-0.4, -0.2) is 52.0 Å². The number of ether oxygens (including phenoxy) is 2. The van der Waals surface area contributed by atoms with Gasteiger partial charge in [0.15, 0.2) is 0 Å². The third-order valence-corrected chi connectivity index (χ3v) is 13.4. The van der Waals surface area contributed by atoms with E-state index in [9.17, 15) is 13.2 Å². The second kappa shape index (κ2) is 12.5. The van der Waals surface area contributed by atoms with Crippen molar-refractivity contribution in [3.63, 3.8) is 0 Å². The molecule has 2 aliphatic heterocycles. The molecule has 7 nitrogen and oxygen atoms in total. The molecule has 1 saturated carbocycles. The Bertz CT molecular complexity index is 1630. The molecule has 1 fully saturated rings. The number of sulfonamides is 1. The van der Waals surface area contributed by atoms with Crippen LogP contribution in [0.2, 0.25) is 5.02 Å². The summed E-state index contributed by atoms with van der Waals surface area (Å²) in [7, 11) is -2.14. The van der Waals surface area contributed by atoms with E-state index in [1.54, 1.807) is 20.1 Å². The fraction of sp³-hybridized carbons (Fsp3) is 0.583. The Kier molecular flexibility index (Phi) is 8.93. The van der Waals surface area contributed by atoms with Gasteiger partial charge in [0.2, 0.25) is 10.0 Å². The van der Waals surface area contributed by atoms with Crippen molar-refractivity contribution in [1.29, 1.82) is 0 Å². The first kappa shape index (κ1) is 32.2. The number of carbonyl (C=O) groups is 1. The van der Waals surface area contributed by atoms with Crippen LogP contribution >= 0.6 is 11.6 Å². The average Bonchev–Trinajstić information content (AvgIpc) is 3.15. The van der Waals surface area contributed by atoms with Gasteiger partial charge in [-0.25, -0.2) is 13.1 Å². The number of fused-ring (bicyclic) bond motifs is 4. The summed E-state index contributed by atoms with van der Waals surface area (Å²) in [4.78, 5) is 15.9. The summed E-state index contributed by atoms with van der Waals surface area (Å²) in [5.41, 5.74) is 2.82. The van der Waals surface area contributed by atoms with Gasteiger partial charge < -0.3 is 14.4 Å². The number of nitrogens with zero attached hydrogens (tertiary/aromatic N) is 1. The predicted octanol–water partition coefficient (Wildman–Crippen LogP) is 6.52. The molecule has 2 heterocycles. The number of hydrogen-bond donors (Lipinski definition) is 1. The molecule has 6 rings (SSSR count). The fourth-order valence-electron chi connectivity index (χ4n) is 8.30. The Hall–Kier alpha value is -2.73. The number of anilines is 1. The highest BCUT2D eigenvalue weighted by Gasteiger charge is 2.49. The molecule has 1 amide bonds. The summed E-state index contributed by atoms with van der Waals surface area (Å²) in [5, 5.41) is 0.00797. The van der Waals surface area contributed by atoms with Crippen molar-refractivity contribution in [2.75, 3.05) is 31.7 Å². The lowest BCUT2D eigenvalue weighted by molar-refractivity contribution is -0.0743. The lowest BCUT2D eigenvalue weighted by Gasteiger charge is -2.49. The van der Waals surface area contributed by atoms with Crippen molar-refractivity contribution in [2.45, 2.75) is 88.4 Å². The van der Waals surface area contributed by atoms with Crippen LogP contribution < -0.4 is 14.4 Å². The molecular formula is C36H45ClN2O5S. The second-order valence-corrected chi connectivity index (χ2v) is 16.2. The lowest BCUT2D eigenvalue weighted by Crippen LogP contribution is -2.53. The van der Waals surface area contributed by atoms with E-state index < -0.39 is 26.8 Å². The number of benzene rings is 2. The number of halogens is 1. The zero-order valence-corrected chi connectivity index (χ0v) is 28.4. The van der Waals surface area contributed by atoms with Gasteiger partial charge in [-0.2, -0.15) is 0 Å². The van der Waals surface area contributed by atoms with E-state index in [-0.39, 0.29) is 17.3 Å². The Morgan fingerprint density at radius 2 is 1.91 bits per heavy atom. The van der Waals surface area contributed by atoms with Crippen LogP contribution in [0.1, 0.15) is 87.2 Å². The zero-order valence-electron chi connectivity index (χ0n) is 26.8. The number of amides is 1. The van der Waals surface area contributed by atoms with Crippen LogP contribution in [0.4, 0.5) is 5.69 Å². The molecule has 2 bridgehead atoms. The molecule has 242 valence electrons. The fourth-order valence-corrected chi connectivity index (χ4v) is 9.81. The van der Waals surface area contributed by atoms with E-state index in [0.29, 0.717) is 30.3 Å². The smallest absolute Gasteiger partial charge is 0.264 e. The third kappa shape index (κ3) is 5.97. The highest BCUT2D eigenvalue weighted by atomic mass is 35.5. The van der Waals surface area contributed by atoms with Crippen LogP contribution in [0.15, 0.2) is 36.4 Å². The molecular weight excluding hydrogens is 608 g/mol. The van der Waals surface area contributed by atoms with Crippen molar-refractivity contribution < 1.29 is 22.7 Å². The maximum atomic E-state index is 13.5. The van der Waals surface area contributed by atoms with E-state index in [0.717, 1.165) is 68.7 Å². The number of hydrogen-bond acceptors (Lipinski definition) is 6. The van der Waals surface area contributed by atoms with E-state index in [1.165, 1.54) is 11.1 Å². The highest BCUT2D eigenvalue weighted by molar-refractivity contribution is 7.90. The van der Waals surface area contributed by atoms with Crippen LogP contribution in [0, 0.1) is 29.6 Å². The van der Waals surface area contributed by atoms with Crippen LogP contribution in [-0.2, 0) is 26.6 Å². The molecule has 0 aromatic heterocycles. The minimum Gasteiger partial charge on any atom is -0.490 e. The molecule has 0 radical (unpaired) electrons. The number of nitrogens with one attached hydrogen (secondary N) is 1. The quantitative estimate of drug-likeness (QED) is 0.354. The van der Waals surface area contributed by atoms with Crippen molar-refractivity contribution in [3.05, 3.63) is 58.1 Å². The monoisotopic (exact) mass is 652 g/mol. The molecule has 9 heteroatoms. The molecule has 45 heavy (non-hydrogen) atoms. The molecule has 1 spiro atoms. The molecule has 0 unspecified atom stereocenters. The Morgan fingerprint density at radius 3 is 2.64 bits per heavy atom. The van der Waals surface area contributed by atoms with E-state index >= 15 is 0 Å². The molecule has 2 aromatic rings. The van der Waals surface area contributed by atoms with Gasteiger partial charge in [-0.3, -0.25) is 4.79 Å². The maximum absolute atomic E-state index is 13.5. The number of aryl methyl sites for hydroxylation is 1. The minimum absolute atomic E-state index is 0.148. The summed E-state index contributed by atoms with van der Waals surface area (Å²) < 4.78 is 42.0. The first-order valence-electron chi connectivity index (χ1n) is 16.4. The summed E-state index contributed by atoms with van der Waals surface area (Å²) in [6.45, 7) is 7.48. The standard InChI is InChI=1S/C36H45ClN2O5S/c1-5-16-36(43-4)18-6-8-24(2)25(3)45(41,42)38-34(40)27-11-15-33-32(20-27)39(21-28-10-13-31(28)36)22-35(23-44-33)17-7-9-26-19-29(37)12-14-30(26)35/h11-12,14-15,19-20,24-25,28,31H,6-10,13,17-18,21-23H2,1-4H3,(H,38,40)/t24-,25+,28-,31+,35-,36-/m0/s1. The van der Waals surface area contributed by atoms with Gasteiger partial charge in [-0.15, -0.1) is 5.92 Å². The Labute approximate surface area is 273 Å². The largest absolute Gasteiger partial charge is 0.490 e. The predicted molar refractivity (Wildman–Crippen MR) is 178 cm³/mol. The number of methoxy groups -OCH3 is 1. The minimum atomic E-state index is -3.90. The van der Waals surface area contributed by atoms with Crippen molar-refractivity contribution in [2.24, 2.45) is 17.8 Å². The van der Waals surface area contributed by atoms with Gasteiger partial charge in [0, 0.05) is 42.1 Å². The molecule has 0 saturated heterocycles. The number of carbonyl (C=O) groups excluding carboxylic acids is 1. The second-order valence-electron chi connectivity index (χ2n) is 13.8. The number of rotatable bonds is 1. The molecule has 4 aliphatic rings. The van der Waals surface area contributed by atoms with E-state index in [4.69, 9.17) is 21.1 Å². The van der Waals surface area contributed by atoms with Gasteiger partial charge in [-0.1, -0.05) is 30.5 Å². The molecule has 1 N–H and O–H groups in total. The molecule has 2 aromatic carbocycles. The van der Waals surface area contributed by atoms with Gasteiger partial charge in [0.25, 0.3) is 5.91 Å². The van der Waals surface area contributed by atoms with E-state index in [2.05, 4.69) is 33.6 Å². The summed E-state index contributed by atoms with van der Waals surface area (Å²) in [6.07, 6.45) is 7.30. The molecule has 6 atom stereocenters. The Morgan fingerprint density at radius 1 is 1.09 bits per heavy atom. The topological polar surface area (TPSA) is 84.9 Å². The van der Waals surface area contributed by atoms with Gasteiger partial charge in [-0.05, 0) is 119 Å². The van der Waals surface area contributed by atoms with Crippen LogP contribution in [0.5, 0.6) is 5.75 Å². The highest BCUT2D eigenvalue weighted by Crippen LogP contribution is 2.49. The van der Waals surface area contributed by atoms with Crippen molar-refractivity contribution in [1.82, 2.24) is 4.72 Å². The van der Waals surface area contributed by atoms with Crippen LogP contribution in [0.25, 0.3) is 0 Å². The normalized spacial score (nSPS) is 32.8.